The largest absolute Gasteiger partial charge is 0.478 e. The Morgan fingerprint density at radius 1 is 1.32 bits per heavy atom. The molecule has 0 amide bonds. The zero-order valence-electron chi connectivity index (χ0n) is 10.6. The summed E-state index contributed by atoms with van der Waals surface area (Å²) in [4.78, 5) is 13.6. The Morgan fingerprint density at radius 2 is 2.11 bits per heavy atom. The van der Waals surface area contributed by atoms with Crippen LogP contribution >= 0.6 is 15.9 Å². The number of rotatable bonds is 4. The summed E-state index contributed by atoms with van der Waals surface area (Å²) in [6.07, 6.45) is 3.81. The van der Waals surface area contributed by atoms with Crippen LogP contribution in [0.2, 0.25) is 0 Å². The molecule has 1 atom stereocenters. The van der Waals surface area contributed by atoms with Crippen LogP contribution in [-0.2, 0) is 0 Å². The van der Waals surface area contributed by atoms with Crippen LogP contribution in [0, 0.1) is 0 Å². The first-order chi connectivity index (χ1) is 9.11. The number of anilines is 1. The summed E-state index contributed by atoms with van der Waals surface area (Å²) in [5.74, 6) is -0.893. The maximum atomic E-state index is 11.0. The number of carboxylic acid groups (broad SMARTS) is 1. The Kier molecular flexibility index (Phi) is 3.50. The lowest BCUT2D eigenvalue weighted by Crippen LogP contribution is -2.27. The summed E-state index contributed by atoms with van der Waals surface area (Å²) in [5, 5.41) is 12.5. The van der Waals surface area contributed by atoms with Crippen molar-refractivity contribution in [3.8, 4) is 0 Å². The third-order valence-corrected chi connectivity index (χ3v) is 4.26. The smallest absolute Gasteiger partial charge is 0.335 e. The van der Waals surface area contributed by atoms with Crippen molar-refractivity contribution in [3.63, 3.8) is 0 Å². The summed E-state index contributed by atoms with van der Waals surface area (Å²) in [5.41, 5.74) is 1.20. The summed E-state index contributed by atoms with van der Waals surface area (Å²) >= 11 is 3.36. The van der Waals surface area contributed by atoms with Gasteiger partial charge >= 0.3 is 5.97 Å². The van der Waals surface area contributed by atoms with Gasteiger partial charge in [0.25, 0.3) is 0 Å². The molecule has 102 valence electrons. The van der Waals surface area contributed by atoms with E-state index in [0.717, 1.165) is 35.7 Å². The van der Waals surface area contributed by atoms with Gasteiger partial charge in [0.2, 0.25) is 0 Å². The minimum Gasteiger partial charge on any atom is -0.478 e. The van der Waals surface area contributed by atoms with Gasteiger partial charge in [-0.05, 0) is 37.5 Å². The average Bonchev–Trinajstić information content (AvgIpc) is 3.10. The molecule has 0 bridgehead atoms. The van der Waals surface area contributed by atoms with E-state index in [-0.39, 0.29) is 0 Å². The molecular weight excluding hydrogens is 308 g/mol. The van der Waals surface area contributed by atoms with E-state index >= 15 is 0 Å². The van der Waals surface area contributed by atoms with Crippen LogP contribution in [0.1, 0.15) is 29.6 Å². The molecule has 2 N–H and O–H groups in total. The van der Waals surface area contributed by atoms with Gasteiger partial charge in [-0.2, -0.15) is 0 Å². The van der Waals surface area contributed by atoms with Gasteiger partial charge in [0.15, 0.2) is 0 Å². The number of hydrogen-bond acceptors (Lipinski definition) is 3. The van der Waals surface area contributed by atoms with Crippen LogP contribution < -0.4 is 5.32 Å². The Morgan fingerprint density at radius 3 is 2.79 bits per heavy atom. The molecule has 1 aromatic carbocycles. The Bertz CT molecular complexity index is 502. The number of nitrogens with zero attached hydrogens (tertiary/aromatic N) is 1. The molecule has 1 saturated carbocycles. The van der Waals surface area contributed by atoms with Crippen molar-refractivity contribution >= 4 is 27.6 Å². The number of halogens is 1. The Balaban J connectivity index is 1.67. The third kappa shape index (κ3) is 3.09. The standard InChI is InChI=1S/C14H17BrN2O2/c15-10-5-9(14(18)19)6-12(7-10)16-11-3-4-17(8-11)13-1-2-13/h5-7,11,13,16H,1-4,8H2,(H,18,19). The summed E-state index contributed by atoms with van der Waals surface area (Å²) in [7, 11) is 0. The first kappa shape index (κ1) is 12.9. The average molecular weight is 325 g/mol. The zero-order valence-corrected chi connectivity index (χ0v) is 12.2. The van der Waals surface area contributed by atoms with Crippen LogP contribution in [0.25, 0.3) is 0 Å². The monoisotopic (exact) mass is 324 g/mol. The van der Waals surface area contributed by atoms with Crippen molar-refractivity contribution < 1.29 is 9.90 Å². The van der Waals surface area contributed by atoms with Crippen molar-refractivity contribution in [3.05, 3.63) is 28.2 Å². The van der Waals surface area contributed by atoms with E-state index in [4.69, 9.17) is 5.11 Å². The highest BCUT2D eigenvalue weighted by Gasteiger charge is 2.34. The van der Waals surface area contributed by atoms with Crippen LogP contribution in [0.4, 0.5) is 5.69 Å². The molecule has 1 unspecified atom stereocenters. The maximum absolute atomic E-state index is 11.0. The molecule has 0 radical (unpaired) electrons. The molecule has 0 aromatic heterocycles. The van der Waals surface area contributed by atoms with Crippen molar-refractivity contribution in [2.45, 2.75) is 31.3 Å². The number of carbonyl (C=O) groups is 1. The highest BCUT2D eigenvalue weighted by Crippen LogP contribution is 2.31. The van der Waals surface area contributed by atoms with Gasteiger partial charge < -0.3 is 10.4 Å². The molecule has 1 heterocycles. The van der Waals surface area contributed by atoms with Crippen molar-refractivity contribution in [2.75, 3.05) is 18.4 Å². The van der Waals surface area contributed by atoms with Gasteiger partial charge in [-0.3, -0.25) is 4.90 Å². The van der Waals surface area contributed by atoms with E-state index in [1.807, 2.05) is 6.07 Å². The summed E-state index contributed by atoms with van der Waals surface area (Å²) in [6, 6.07) is 6.50. The van der Waals surface area contributed by atoms with Gasteiger partial charge in [0, 0.05) is 35.3 Å². The Hall–Kier alpha value is -1.07. The lowest BCUT2D eigenvalue weighted by atomic mass is 10.2. The summed E-state index contributed by atoms with van der Waals surface area (Å²) in [6.45, 7) is 2.22. The fraction of sp³-hybridized carbons (Fsp3) is 0.500. The third-order valence-electron chi connectivity index (χ3n) is 3.80. The zero-order chi connectivity index (χ0) is 13.4. The highest BCUT2D eigenvalue weighted by atomic mass is 79.9. The molecule has 4 nitrogen and oxygen atoms in total. The second-order valence-electron chi connectivity index (χ2n) is 5.39. The van der Waals surface area contributed by atoms with E-state index < -0.39 is 5.97 Å². The number of carboxylic acids is 1. The molecular formula is C14H17BrN2O2. The SMILES string of the molecule is O=C(O)c1cc(Br)cc(NC2CCN(C3CC3)C2)c1. The van der Waals surface area contributed by atoms with Crippen LogP contribution in [0.5, 0.6) is 0 Å². The molecule has 3 rings (SSSR count). The number of aromatic carboxylic acids is 1. The topological polar surface area (TPSA) is 52.6 Å². The minimum absolute atomic E-state index is 0.314. The summed E-state index contributed by atoms with van der Waals surface area (Å²) < 4.78 is 0.798. The van der Waals surface area contributed by atoms with E-state index in [0.29, 0.717) is 11.6 Å². The molecule has 1 aromatic rings. The molecule has 0 spiro atoms. The van der Waals surface area contributed by atoms with E-state index in [2.05, 4.69) is 26.1 Å². The van der Waals surface area contributed by atoms with Crippen LogP contribution in [-0.4, -0.2) is 41.1 Å². The first-order valence-corrected chi connectivity index (χ1v) is 7.45. The van der Waals surface area contributed by atoms with Gasteiger partial charge in [-0.15, -0.1) is 0 Å². The number of likely N-dealkylation sites (tertiary alicyclic amines) is 1. The number of nitrogens with one attached hydrogen (secondary N) is 1. The predicted molar refractivity (Wildman–Crippen MR) is 77.7 cm³/mol. The van der Waals surface area contributed by atoms with Gasteiger partial charge in [0.1, 0.15) is 0 Å². The fourth-order valence-corrected chi connectivity index (χ4v) is 3.20. The maximum Gasteiger partial charge on any atom is 0.335 e. The second kappa shape index (κ2) is 5.13. The van der Waals surface area contributed by atoms with Gasteiger partial charge in [0.05, 0.1) is 5.56 Å². The van der Waals surface area contributed by atoms with Gasteiger partial charge in [-0.25, -0.2) is 4.79 Å². The molecule has 5 heteroatoms. The molecule has 2 fully saturated rings. The lowest BCUT2D eigenvalue weighted by Gasteiger charge is -2.17. The fourth-order valence-electron chi connectivity index (χ4n) is 2.71. The van der Waals surface area contributed by atoms with Crippen LogP contribution in [0.3, 0.4) is 0 Å². The lowest BCUT2D eigenvalue weighted by molar-refractivity contribution is 0.0697. The quantitative estimate of drug-likeness (QED) is 0.894. The van der Waals surface area contributed by atoms with Crippen molar-refractivity contribution in [1.29, 1.82) is 0 Å². The predicted octanol–water partition coefficient (Wildman–Crippen LogP) is 2.80. The van der Waals surface area contributed by atoms with E-state index in [1.165, 1.54) is 12.8 Å². The highest BCUT2D eigenvalue weighted by molar-refractivity contribution is 9.10. The second-order valence-corrected chi connectivity index (χ2v) is 6.31. The first-order valence-electron chi connectivity index (χ1n) is 6.66. The van der Waals surface area contributed by atoms with E-state index in [9.17, 15) is 4.79 Å². The van der Waals surface area contributed by atoms with Crippen LogP contribution in [0.15, 0.2) is 22.7 Å². The van der Waals surface area contributed by atoms with Crippen molar-refractivity contribution in [2.24, 2.45) is 0 Å². The number of hydrogen-bond donors (Lipinski definition) is 2. The molecule has 2 aliphatic rings. The van der Waals surface area contributed by atoms with Gasteiger partial charge in [-0.1, -0.05) is 15.9 Å². The number of benzene rings is 1. The minimum atomic E-state index is -0.893. The van der Waals surface area contributed by atoms with E-state index in [1.54, 1.807) is 12.1 Å². The molecule has 19 heavy (non-hydrogen) atoms. The molecule has 1 aliphatic heterocycles. The van der Waals surface area contributed by atoms with Crippen molar-refractivity contribution in [1.82, 2.24) is 4.90 Å². The Labute approximate surface area is 120 Å². The normalized spacial score (nSPS) is 23.5. The molecule has 1 aliphatic carbocycles. The molecule has 1 saturated heterocycles.